The van der Waals surface area contributed by atoms with Gasteiger partial charge in [0.2, 0.25) is 0 Å². The molecule has 1 aromatic heterocycles. The molecule has 0 radical (unpaired) electrons. The second-order valence-electron chi connectivity index (χ2n) is 4.94. The van der Waals surface area contributed by atoms with E-state index in [0.29, 0.717) is 6.04 Å². The van der Waals surface area contributed by atoms with Crippen molar-refractivity contribution in [3.8, 4) is 0 Å². The standard InChI is InChI=1S/C13H21N3/c1-10(2)16-7-6-13(15-16)9-11-4-3-5-12(14)8-11/h6-8,10,12H,3-5,9,14H2,1-2H3. The minimum atomic E-state index is 0.260. The van der Waals surface area contributed by atoms with Gasteiger partial charge in [-0.05, 0) is 39.2 Å². The van der Waals surface area contributed by atoms with Crippen molar-refractivity contribution in [1.29, 1.82) is 0 Å². The Labute approximate surface area is 97.3 Å². The summed E-state index contributed by atoms with van der Waals surface area (Å²) in [6.07, 6.45) is 8.78. The lowest BCUT2D eigenvalue weighted by Crippen LogP contribution is -2.20. The molecule has 1 aliphatic rings. The van der Waals surface area contributed by atoms with E-state index in [1.165, 1.54) is 18.4 Å². The van der Waals surface area contributed by atoms with Crippen molar-refractivity contribution in [2.45, 2.75) is 51.6 Å². The molecule has 3 heteroatoms. The molecule has 0 spiro atoms. The van der Waals surface area contributed by atoms with Crippen molar-refractivity contribution < 1.29 is 0 Å². The smallest absolute Gasteiger partial charge is 0.0665 e. The van der Waals surface area contributed by atoms with Crippen LogP contribution in [0.25, 0.3) is 0 Å². The summed E-state index contributed by atoms with van der Waals surface area (Å²) >= 11 is 0. The maximum absolute atomic E-state index is 5.93. The average Bonchev–Trinajstić information content (AvgIpc) is 2.66. The molecular weight excluding hydrogens is 198 g/mol. The predicted molar refractivity (Wildman–Crippen MR) is 66.2 cm³/mol. The summed E-state index contributed by atoms with van der Waals surface area (Å²) < 4.78 is 2.01. The zero-order valence-electron chi connectivity index (χ0n) is 10.2. The minimum absolute atomic E-state index is 0.260. The van der Waals surface area contributed by atoms with Crippen LogP contribution >= 0.6 is 0 Å². The highest BCUT2D eigenvalue weighted by Crippen LogP contribution is 2.20. The van der Waals surface area contributed by atoms with E-state index >= 15 is 0 Å². The molecule has 0 saturated carbocycles. The maximum Gasteiger partial charge on any atom is 0.0665 e. The predicted octanol–water partition coefficient (Wildman–Crippen LogP) is 2.44. The average molecular weight is 219 g/mol. The van der Waals surface area contributed by atoms with Gasteiger partial charge in [0, 0.05) is 24.7 Å². The van der Waals surface area contributed by atoms with Crippen LogP contribution in [0, 0.1) is 0 Å². The summed E-state index contributed by atoms with van der Waals surface area (Å²) in [7, 11) is 0. The zero-order valence-corrected chi connectivity index (χ0v) is 10.2. The summed E-state index contributed by atoms with van der Waals surface area (Å²) in [4.78, 5) is 0. The van der Waals surface area contributed by atoms with E-state index in [1.807, 2.05) is 4.68 Å². The largest absolute Gasteiger partial charge is 0.324 e. The van der Waals surface area contributed by atoms with Crippen LogP contribution in [0.1, 0.15) is 44.8 Å². The molecule has 1 heterocycles. The first-order valence-electron chi connectivity index (χ1n) is 6.14. The molecular formula is C13H21N3. The molecule has 2 N–H and O–H groups in total. The third-order valence-electron chi connectivity index (χ3n) is 3.09. The number of hydrogen-bond acceptors (Lipinski definition) is 2. The van der Waals surface area contributed by atoms with Crippen LogP contribution in [0.15, 0.2) is 23.9 Å². The molecule has 0 bridgehead atoms. The summed E-state index contributed by atoms with van der Waals surface area (Å²) in [5, 5.41) is 4.56. The second kappa shape index (κ2) is 4.83. The highest BCUT2D eigenvalue weighted by Gasteiger charge is 2.11. The first kappa shape index (κ1) is 11.4. The van der Waals surface area contributed by atoms with E-state index < -0.39 is 0 Å². The lowest BCUT2D eigenvalue weighted by Gasteiger charge is -2.16. The van der Waals surface area contributed by atoms with Crippen LogP contribution in [0.2, 0.25) is 0 Å². The molecule has 1 aliphatic carbocycles. The molecule has 0 saturated heterocycles. The highest BCUT2D eigenvalue weighted by molar-refractivity contribution is 5.17. The lowest BCUT2D eigenvalue weighted by atomic mass is 9.93. The van der Waals surface area contributed by atoms with Gasteiger partial charge < -0.3 is 5.73 Å². The number of allylic oxidation sites excluding steroid dienone is 1. The van der Waals surface area contributed by atoms with Crippen molar-refractivity contribution >= 4 is 0 Å². The third kappa shape index (κ3) is 2.73. The Hall–Kier alpha value is -1.09. The Balaban J connectivity index is 2.03. The highest BCUT2D eigenvalue weighted by atomic mass is 15.3. The van der Waals surface area contributed by atoms with Crippen LogP contribution < -0.4 is 5.73 Å². The number of hydrogen-bond donors (Lipinski definition) is 1. The number of aromatic nitrogens is 2. The van der Waals surface area contributed by atoms with Gasteiger partial charge in [-0.25, -0.2) is 0 Å². The van der Waals surface area contributed by atoms with Gasteiger partial charge in [-0.3, -0.25) is 4.68 Å². The molecule has 1 unspecified atom stereocenters. The molecule has 3 nitrogen and oxygen atoms in total. The second-order valence-corrected chi connectivity index (χ2v) is 4.94. The third-order valence-corrected chi connectivity index (χ3v) is 3.09. The van der Waals surface area contributed by atoms with Crippen molar-refractivity contribution in [2.75, 3.05) is 0 Å². The number of rotatable bonds is 3. The lowest BCUT2D eigenvalue weighted by molar-refractivity contribution is 0.526. The zero-order chi connectivity index (χ0) is 11.5. The van der Waals surface area contributed by atoms with Crippen LogP contribution in [-0.2, 0) is 6.42 Å². The van der Waals surface area contributed by atoms with Crippen molar-refractivity contribution in [3.63, 3.8) is 0 Å². The van der Waals surface area contributed by atoms with E-state index in [2.05, 4.69) is 37.3 Å². The van der Waals surface area contributed by atoms with Crippen molar-refractivity contribution in [1.82, 2.24) is 9.78 Å². The van der Waals surface area contributed by atoms with Gasteiger partial charge in [-0.15, -0.1) is 0 Å². The van der Waals surface area contributed by atoms with Crippen LogP contribution in [0.5, 0.6) is 0 Å². The van der Waals surface area contributed by atoms with Crippen molar-refractivity contribution in [3.05, 3.63) is 29.6 Å². The molecule has 0 aliphatic heterocycles. The van der Waals surface area contributed by atoms with Crippen molar-refractivity contribution in [2.24, 2.45) is 5.73 Å². The molecule has 1 atom stereocenters. The van der Waals surface area contributed by atoms with Crippen LogP contribution in [0.3, 0.4) is 0 Å². The van der Waals surface area contributed by atoms with Gasteiger partial charge >= 0.3 is 0 Å². The Morgan fingerprint density at radius 2 is 2.38 bits per heavy atom. The van der Waals surface area contributed by atoms with E-state index in [0.717, 1.165) is 18.5 Å². The maximum atomic E-state index is 5.93. The normalized spacial score (nSPS) is 21.2. The molecule has 0 fully saturated rings. The summed E-state index contributed by atoms with van der Waals surface area (Å²) in [5.74, 6) is 0. The first-order valence-corrected chi connectivity index (χ1v) is 6.14. The Morgan fingerprint density at radius 3 is 3.00 bits per heavy atom. The van der Waals surface area contributed by atoms with Gasteiger partial charge in [0.15, 0.2) is 0 Å². The van der Waals surface area contributed by atoms with Gasteiger partial charge in [0.1, 0.15) is 0 Å². The van der Waals surface area contributed by atoms with Gasteiger partial charge in [0.05, 0.1) is 5.69 Å². The van der Waals surface area contributed by atoms with Crippen LogP contribution in [0.4, 0.5) is 0 Å². The monoisotopic (exact) mass is 219 g/mol. The molecule has 16 heavy (non-hydrogen) atoms. The van der Waals surface area contributed by atoms with E-state index in [9.17, 15) is 0 Å². The molecule has 1 aromatic rings. The fourth-order valence-electron chi connectivity index (χ4n) is 2.17. The molecule has 2 rings (SSSR count). The Kier molecular flexibility index (Phi) is 3.44. The number of nitrogens with zero attached hydrogens (tertiary/aromatic N) is 2. The minimum Gasteiger partial charge on any atom is -0.324 e. The Bertz CT molecular complexity index is 376. The molecule has 0 amide bonds. The van der Waals surface area contributed by atoms with E-state index in [-0.39, 0.29) is 6.04 Å². The number of nitrogens with two attached hydrogens (primary N) is 1. The van der Waals surface area contributed by atoms with Gasteiger partial charge in [0.25, 0.3) is 0 Å². The van der Waals surface area contributed by atoms with Gasteiger partial charge in [-0.2, -0.15) is 5.10 Å². The summed E-state index contributed by atoms with van der Waals surface area (Å²) in [6, 6.07) is 2.81. The quantitative estimate of drug-likeness (QED) is 0.793. The summed E-state index contributed by atoms with van der Waals surface area (Å²) in [6.45, 7) is 4.29. The Morgan fingerprint density at radius 1 is 1.56 bits per heavy atom. The topological polar surface area (TPSA) is 43.8 Å². The van der Waals surface area contributed by atoms with E-state index in [1.54, 1.807) is 0 Å². The SMILES string of the molecule is CC(C)n1ccc(CC2=CC(N)CCC2)n1. The van der Waals surface area contributed by atoms with E-state index in [4.69, 9.17) is 5.73 Å². The van der Waals surface area contributed by atoms with Crippen LogP contribution in [-0.4, -0.2) is 15.8 Å². The fourth-order valence-corrected chi connectivity index (χ4v) is 2.17. The fraction of sp³-hybridized carbons (Fsp3) is 0.615. The first-order chi connectivity index (χ1) is 7.65. The summed E-state index contributed by atoms with van der Waals surface area (Å²) in [5.41, 5.74) is 8.54. The molecule has 0 aromatic carbocycles. The molecule has 88 valence electrons. The van der Waals surface area contributed by atoms with Gasteiger partial charge in [-0.1, -0.05) is 11.6 Å².